The van der Waals surface area contributed by atoms with Crippen LogP contribution >= 0.6 is 0 Å². The van der Waals surface area contributed by atoms with Gasteiger partial charge in [0, 0.05) is 5.69 Å². The largest absolute Gasteiger partial charge is 0.497 e. The highest BCUT2D eigenvalue weighted by molar-refractivity contribution is 5.89. The second-order valence-electron chi connectivity index (χ2n) is 5.21. The normalized spacial score (nSPS) is 13.3. The summed E-state index contributed by atoms with van der Waals surface area (Å²) >= 11 is 0. The number of hydrogen-bond donors (Lipinski definition) is 2. The standard InChI is InChI=1S/C17H20N2O2/c1-12-4-6-13(7-5-12)17(2,16(18)20)19-14-8-10-15(21-3)11-9-14/h4-11,19H,1-3H3,(H2,18,20). The molecular weight excluding hydrogens is 264 g/mol. The molecule has 3 N–H and O–H groups in total. The average Bonchev–Trinajstić information content (AvgIpc) is 2.48. The number of carbonyl (C=O) groups excluding carboxylic acids is 1. The van der Waals surface area contributed by atoms with Crippen LogP contribution in [0.15, 0.2) is 48.5 Å². The Hall–Kier alpha value is -2.49. The number of rotatable bonds is 5. The lowest BCUT2D eigenvalue weighted by Crippen LogP contribution is -2.45. The van der Waals surface area contributed by atoms with E-state index in [1.807, 2.05) is 55.5 Å². The first-order chi connectivity index (χ1) is 9.95. The SMILES string of the molecule is COc1ccc(NC(C)(C(N)=O)c2ccc(C)cc2)cc1. The maximum absolute atomic E-state index is 12.0. The minimum atomic E-state index is -0.970. The number of ether oxygens (including phenoxy) is 1. The summed E-state index contributed by atoms with van der Waals surface area (Å²) in [5.41, 5.74) is 7.42. The van der Waals surface area contributed by atoms with Crippen molar-refractivity contribution >= 4 is 11.6 Å². The van der Waals surface area contributed by atoms with Gasteiger partial charge in [-0.25, -0.2) is 0 Å². The van der Waals surface area contributed by atoms with Crippen LogP contribution in [0.2, 0.25) is 0 Å². The molecule has 0 aromatic heterocycles. The number of aryl methyl sites for hydroxylation is 1. The number of carbonyl (C=O) groups is 1. The Morgan fingerprint density at radius 1 is 1.10 bits per heavy atom. The smallest absolute Gasteiger partial charge is 0.247 e. The van der Waals surface area contributed by atoms with E-state index in [1.54, 1.807) is 14.0 Å². The van der Waals surface area contributed by atoms with E-state index < -0.39 is 11.4 Å². The number of nitrogens with one attached hydrogen (secondary N) is 1. The minimum absolute atomic E-state index is 0.429. The lowest BCUT2D eigenvalue weighted by atomic mass is 9.90. The minimum Gasteiger partial charge on any atom is -0.497 e. The van der Waals surface area contributed by atoms with Crippen molar-refractivity contribution in [3.05, 3.63) is 59.7 Å². The summed E-state index contributed by atoms with van der Waals surface area (Å²) in [5, 5.41) is 3.21. The van der Waals surface area contributed by atoms with E-state index >= 15 is 0 Å². The molecule has 0 saturated carbocycles. The molecule has 1 atom stereocenters. The van der Waals surface area contributed by atoms with Gasteiger partial charge in [-0.3, -0.25) is 4.79 Å². The second kappa shape index (κ2) is 5.87. The van der Waals surface area contributed by atoms with E-state index in [9.17, 15) is 4.79 Å². The van der Waals surface area contributed by atoms with Crippen molar-refractivity contribution in [2.75, 3.05) is 12.4 Å². The maximum atomic E-state index is 12.0. The van der Waals surface area contributed by atoms with Crippen LogP contribution < -0.4 is 15.8 Å². The molecule has 0 saturated heterocycles. The molecule has 0 aliphatic heterocycles. The van der Waals surface area contributed by atoms with Crippen LogP contribution in [0, 0.1) is 6.92 Å². The van der Waals surface area contributed by atoms with Gasteiger partial charge in [-0.1, -0.05) is 29.8 Å². The molecule has 0 fully saturated rings. The molecule has 2 rings (SSSR count). The fourth-order valence-corrected chi connectivity index (χ4v) is 2.13. The molecule has 2 aromatic carbocycles. The predicted molar refractivity (Wildman–Crippen MR) is 84.3 cm³/mol. The van der Waals surface area contributed by atoms with E-state index in [1.165, 1.54) is 0 Å². The van der Waals surface area contributed by atoms with E-state index in [-0.39, 0.29) is 0 Å². The summed E-state index contributed by atoms with van der Waals surface area (Å²) in [6.07, 6.45) is 0. The molecule has 0 heterocycles. The number of nitrogens with two attached hydrogens (primary N) is 1. The predicted octanol–water partition coefficient (Wildman–Crippen LogP) is 2.82. The van der Waals surface area contributed by atoms with Crippen molar-refractivity contribution < 1.29 is 9.53 Å². The quantitative estimate of drug-likeness (QED) is 0.887. The number of benzene rings is 2. The molecule has 4 nitrogen and oxygen atoms in total. The van der Waals surface area contributed by atoms with Crippen molar-refractivity contribution in [1.29, 1.82) is 0 Å². The summed E-state index contributed by atoms with van der Waals surface area (Å²) in [6.45, 7) is 3.78. The highest BCUT2D eigenvalue weighted by Gasteiger charge is 2.33. The van der Waals surface area contributed by atoms with Crippen molar-refractivity contribution in [2.24, 2.45) is 5.73 Å². The van der Waals surface area contributed by atoms with Gasteiger partial charge in [-0.2, -0.15) is 0 Å². The first-order valence-electron chi connectivity index (χ1n) is 6.75. The average molecular weight is 284 g/mol. The Morgan fingerprint density at radius 2 is 1.67 bits per heavy atom. The lowest BCUT2D eigenvalue weighted by Gasteiger charge is -2.29. The Labute approximate surface area is 124 Å². The molecule has 4 heteroatoms. The Balaban J connectivity index is 2.33. The Morgan fingerprint density at radius 3 is 2.14 bits per heavy atom. The highest BCUT2D eigenvalue weighted by atomic mass is 16.5. The van der Waals surface area contributed by atoms with Crippen molar-refractivity contribution in [3.63, 3.8) is 0 Å². The van der Waals surface area contributed by atoms with E-state index in [0.717, 1.165) is 22.6 Å². The highest BCUT2D eigenvalue weighted by Crippen LogP contribution is 2.27. The molecule has 0 aliphatic rings. The van der Waals surface area contributed by atoms with Gasteiger partial charge in [-0.05, 0) is 43.7 Å². The van der Waals surface area contributed by atoms with E-state index in [0.29, 0.717) is 0 Å². The monoisotopic (exact) mass is 284 g/mol. The number of methoxy groups -OCH3 is 1. The maximum Gasteiger partial charge on any atom is 0.247 e. The van der Waals surface area contributed by atoms with Crippen LogP contribution in [0.3, 0.4) is 0 Å². The number of primary amides is 1. The van der Waals surface area contributed by atoms with Crippen LogP contribution in [0.4, 0.5) is 5.69 Å². The van der Waals surface area contributed by atoms with Gasteiger partial charge in [-0.15, -0.1) is 0 Å². The van der Waals surface area contributed by atoms with Crippen molar-refractivity contribution in [2.45, 2.75) is 19.4 Å². The van der Waals surface area contributed by atoms with Crippen molar-refractivity contribution in [3.8, 4) is 5.75 Å². The van der Waals surface area contributed by atoms with Gasteiger partial charge in [0.2, 0.25) is 5.91 Å². The first kappa shape index (κ1) is 14.9. The zero-order chi connectivity index (χ0) is 15.5. The molecule has 0 aliphatic carbocycles. The van der Waals surface area contributed by atoms with Crippen LogP contribution in [-0.2, 0) is 10.3 Å². The summed E-state index contributed by atoms with van der Waals surface area (Å²) in [4.78, 5) is 12.0. The van der Waals surface area contributed by atoms with Gasteiger partial charge in [0.05, 0.1) is 7.11 Å². The molecule has 1 amide bonds. The van der Waals surface area contributed by atoms with Gasteiger partial charge >= 0.3 is 0 Å². The Kier molecular flexibility index (Phi) is 4.17. The van der Waals surface area contributed by atoms with Crippen LogP contribution in [0.1, 0.15) is 18.1 Å². The molecule has 0 spiro atoms. The summed E-state index contributed by atoms with van der Waals surface area (Å²) in [7, 11) is 1.61. The topological polar surface area (TPSA) is 64.3 Å². The fraction of sp³-hybridized carbons (Fsp3) is 0.235. The number of hydrogen-bond acceptors (Lipinski definition) is 3. The van der Waals surface area contributed by atoms with Crippen LogP contribution in [0.25, 0.3) is 0 Å². The van der Waals surface area contributed by atoms with Crippen LogP contribution in [-0.4, -0.2) is 13.0 Å². The second-order valence-corrected chi connectivity index (χ2v) is 5.21. The molecule has 0 radical (unpaired) electrons. The zero-order valence-electron chi connectivity index (χ0n) is 12.5. The molecule has 2 aromatic rings. The number of amides is 1. The third-order valence-corrected chi connectivity index (χ3v) is 3.61. The van der Waals surface area contributed by atoms with Gasteiger partial charge in [0.25, 0.3) is 0 Å². The molecule has 21 heavy (non-hydrogen) atoms. The summed E-state index contributed by atoms with van der Waals surface area (Å²) in [5.74, 6) is 0.332. The van der Waals surface area contributed by atoms with E-state index in [2.05, 4.69) is 5.32 Å². The molecule has 1 unspecified atom stereocenters. The third kappa shape index (κ3) is 3.16. The van der Waals surface area contributed by atoms with Crippen molar-refractivity contribution in [1.82, 2.24) is 0 Å². The molecule has 0 bridgehead atoms. The first-order valence-corrected chi connectivity index (χ1v) is 6.75. The van der Waals surface area contributed by atoms with Crippen LogP contribution in [0.5, 0.6) is 5.75 Å². The zero-order valence-corrected chi connectivity index (χ0v) is 12.5. The Bertz CT molecular complexity index is 620. The lowest BCUT2D eigenvalue weighted by molar-refractivity contribution is -0.122. The molecule has 110 valence electrons. The summed E-state index contributed by atoms with van der Waals surface area (Å²) in [6, 6.07) is 15.1. The fourth-order valence-electron chi connectivity index (χ4n) is 2.13. The van der Waals surface area contributed by atoms with Gasteiger partial charge in [0.1, 0.15) is 11.3 Å². The van der Waals surface area contributed by atoms with Gasteiger partial charge < -0.3 is 15.8 Å². The third-order valence-electron chi connectivity index (χ3n) is 3.61. The molecular formula is C17H20N2O2. The van der Waals surface area contributed by atoms with E-state index in [4.69, 9.17) is 10.5 Å². The van der Waals surface area contributed by atoms with Gasteiger partial charge in [0.15, 0.2) is 0 Å². The summed E-state index contributed by atoms with van der Waals surface area (Å²) < 4.78 is 5.13. The number of anilines is 1.